The summed E-state index contributed by atoms with van der Waals surface area (Å²) in [6.07, 6.45) is 4.10. The zero-order valence-corrected chi connectivity index (χ0v) is 15.9. The molecule has 0 aliphatic carbocycles. The molecule has 128 valence electrons. The van der Waals surface area contributed by atoms with Crippen LogP contribution in [-0.4, -0.2) is 10.1 Å². The van der Waals surface area contributed by atoms with Crippen molar-refractivity contribution in [2.75, 3.05) is 0 Å². The maximum Gasteiger partial charge on any atom is 0.123 e. The lowest BCUT2D eigenvalue weighted by molar-refractivity contribution is 0.423. The second-order valence-corrected chi connectivity index (χ2v) is 8.50. The Morgan fingerprint density at radius 1 is 0.875 bits per heavy atom. The number of aromatic hydroxyl groups is 1. The highest BCUT2D eigenvalue weighted by molar-refractivity contribution is 5.70. The van der Waals surface area contributed by atoms with E-state index in [1.807, 2.05) is 31.2 Å². The minimum absolute atomic E-state index is 0.116. The Labute approximate surface area is 146 Å². The van der Waals surface area contributed by atoms with E-state index in [0.717, 1.165) is 28.1 Å². The molecule has 0 aliphatic rings. The van der Waals surface area contributed by atoms with Crippen LogP contribution in [0.3, 0.4) is 0 Å². The molecule has 1 aromatic carbocycles. The van der Waals surface area contributed by atoms with Gasteiger partial charge >= 0.3 is 0 Å². The van der Waals surface area contributed by atoms with Gasteiger partial charge in [-0.1, -0.05) is 53.7 Å². The molecule has 0 unspecified atom stereocenters. The van der Waals surface area contributed by atoms with Crippen LogP contribution in [0.5, 0.6) is 5.75 Å². The highest BCUT2D eigenvalue weighted by Gasteiger charge is 2.26. The average Bonchev–Trinajstić information content (AvgIpc) is 2.43. The summed E-state index contributed by atoms with van der Waals surface area (Å²) in [5.74, 6) is 0.417. The first-order valence-corrected chi connectivity index (χ1v) is 8.48. The Hall–Kier alpha value is -2.09. The largest absolute Gasteiger partial charge is 0.507 e. The maximum absolute atomic E-state index is 10.8. The van der Waals surface area contributed by atoms with Gasteiger partial charge in [-0.05, 0) is 53.7 Å². The minimum Gasteiger partial charge on any atom is -0.507 e. The normalized spacial score (nSPS) is 12.8. The summed E-state index contributed by atoms with van der Waals surface area (Å²) in [5.41, 5.74) is 4.77. The van der Waals surface area contributed by atoms with E-state index in [9.17, 15) is 5.11 Å². The van der Waals surface area contributed by atoms with Crippen molar-refractivity contribution in [2.24, 2.45) is 0 Å². The molecule has 2 aromatic rings. The molecule has 2 heteroatoms. The van der Waals surface area contributed by atoms with Crippen molar-refractivity contribution in [3.05, 3.63) is 58.4 Å². The van der Waals surface area contributed by atoms with Crippen LogP contribution in [0.25, 0.3) is 12.2 Å². The summed E-state index contributed by atoms with van der Waals surface area (Å²) < 4.78 is 0. The molecular formula is C22H29NO. The highest BCUT2D eigenvalue weighted by atomic mass is 16.3. The third-order valence-corrected chi connectivity index (χ3v) is 4.10. The summed E-state index contributed by atoms with van der Waals surface area (Å²) in [6.45, 7) is 14.8. The fraction of sp³-hybridized carbons (Fsp3) is 0.409. The lowest BCUT2D eigenvalue weighted by Crippen LogP contribution is -2.17. The number of rotatable bonds is 2. The molecule has 0 saturated heterocycles. The summed E-state index contributed by atoms with van der Waals surface area (Å²) >= 11 is 0. The van der Waals surface area contributed by atoms with Crippen molar-refractivity contribution >= 4 is 12.2 Å². The van der Waals surface area contributed by atoms with Gasteiger partial charge in [-0.25, -0.2) is 0 Å². The molecule has 0 fully saturated rings. The van der Waals surface area contributed by atoms with Gasteiger partial charge in [0.05, 0.1) is 5.69 Å². The number of aromatic nitrogens is 1. The van der Waals surface area contributed by atoms with Gasteiger partial charge in [0.25, 0.3) is 0 Å². The zero-order chi connectivity index (χ0) is 18.1. The summed E-state index contributed by atoms with van der Waals surface area (Å²) in [4.78, 5) is 4.51. The molecule has 1 aromatic heterocycles. The van der Waals surface area contributed by atoms with Crippen molar-refractivity contribution in [1.29, 1.82) is 0 Å². The Morgan fingerprint density at radius 3 is 1.88 bits per heavy atom. The van der Waals surface area contributed by atoms with E-state index in [1.54, 1.807) is 0 Å². The topological polar surface area (TPSA) is 33.1 Å². The monoisotopic (exact) mass is 323 g/mol. The third-order valence-electron chi connectivity index (χ3n) is 4.10. The molecule has 1 heterocycles. The number of nitrogens with zero attached hydrogens (tertiary/aromatic N) is 1. The molecule has 0 radical (unpaired) electrons. The van der Waals surface area contributed by atoms with Crippen molar-refractivity contribution in [2.45, 2.75) is 59.3 Å². The van der Waals surface area contributed by atoms with Crippen molar-refractivity contribution in [1.82, 2.24) is 4.98 Å². The Balaban J connectivity index is 2.54. The first kappa shape index (κ1) is 18.3. The van der Waals surface area contributed by atoms with E-state index < -0.39 is 0 Å². The number of benzene rings is 1. The van der Waals surface area contributed by atoms with Crippen LogP contribution < -0.4 is 0 Å². The number of hydrogen-bond donors (Lipinski definition) is 1. The fourth-order valence-electron chi connectivity index (χ4n) is 2.74. The van der Waals surface area contributed by atoms with Gasteiger partial charge in [0.15, 0.2) is 0 Å². The number of phenolic OH excluding ortho intramolecular Hbond substituents is 1. The molecular weight excluding hydrogens is 294 g/mol. The summed E-state index contributed by atoms with van der Waals surface area (Å²) in [7, 11) is 0. The first-order valence-electron chi connectivity index (χ1n) is 8.48. The number of phenols is 1. The smallest absolute Gasteiger partial charge is 0.123 e. The van der Waals surface area contributed by atoms with Crippen LogP contribution in [0.2, 0.25) is 0 Å². The van der Waals surface area contributed by atoms with Gasteiger partial charge in [0.2, 0.25) is 0 Å². The van der Waals surface area contributed by atoms with Crippen molar-refractivity contribution in [3.63, 3.8) is 0 Å². The molecule has 24 heavy (non-hydrogen) atoms. The van der Waals surface area contributed by atoms with Crippen LogP contribution >= 0.6 is 0 Å². The highest BCUT2D eigenvalue weighted by Crippen LogP contribution is 2.40. The number of aryl methyl sites for hydroxylation is 1. The van der Waals surface area contributed by atoms with Crippen LogP contribution in [0, 0.1) is 6.92 Å². The van der Waals surface area contributed by atoms with E-state index in [-0.39, 0.29) is 10.8 Å². The number of hydrogen-bond acceptors (Lipinski definition) is 2. The van der Waals surface area contributed by atoms with E-state index in [4.69, 9.17) is 0 Å². The number of pyridine rings is 1. The third kappa shape index (κ3) is 4.25. The Morgan fingerprint density at radius 2 is 1.42 bits per heavy atom. The molecule has 2 rings (SSSR count). The lowest BCUT2D eigenvalue weighted by atomic mass is 9.78. The Kier molecular flexibility index (Phi) is 4.89. The van der Waals surface area contributed by atoms with E-state index in [1.165, 1.54) is 0 Å². The predicted octanol–water partition coefficient (Wildman–Crippen LogP) is 5.86. The van der Waals surface area contributed by atoms with E-state index in [0.29, 0.717) is 5.75 Å². The Bertz CT molecular complexity index is 723. The van der Waals surface area contributed by atoms with E-state index >= 15 is 0 Å². The molecule has 0 aliphatic heterocycles. The van der Waals surface area contributed by atoms with Gasteiger partial charge in [-0.15, -0.1) is 0 Å². The summed E-state index contributed by atoms with van der Waals surface area (Å²) in [5, 5.41) is 10.8. The van der Waals surface area contributed by atoms with Crippen molar-refractivity contribution < 1.29 is 5.11 Å². The van der Waals surface area contributed by atoms with Gasteiger partial charge in [-0.2, -0.15) is 0 Å². The quantitative estimate of drug-likeness (QED) is 0.750. The minimum atomic E-state index is -0.116. The predicted molar refractivity (Wildman–Crippen MR) is 103 cm³/mol. The van der Waals surface area contributed by atoms with Gasteiger partial charge in [-0.3, -0.25) is 4.98 Å². The van der Waals surface area contributed by atoms with Crippen LogP contribution in [0.15, 0.2) is 30.3 Å². The standard InChI is InChI=1S/C22H29NO/c1-15-9-8-10-17(23-15)12-11-16-13-18(21(2,3)4)20(24)19(14-16)22(5,6)7/h8-14,24H,1-7H3/b12-11+. The van der Waals surface area contributed by atoms with Gasteiger partial charge in [0, 0.05) is 16.8 Å². The molecule has 0 atom stereocenters. The second kappa shape index (κ2) is 6.43. The van der Waals surface area contributed by atoms with Gasteiger partial charge in [0.1, 0.15) is 5.75 Å². The van der Waals surface area contributed by atoms with Gasteiger partial charge < -0.3 is 5.11 Å². The molecule has 0 bridgehead atoms. The summed E-state index contributed by atoms with van der Waals surface area (Å²) in [6, 6.07) is 10.2. The molecule has 0 amide bonds. The van der Waals surface area contributed by atoms with Crippen molar-refractivity contribution in [3.8, 4) is 5.75 Å². The molecule has 0 spiro atoms. The molecule has 0 saturated carbocycles. The zero-order valence-electron chi connectivity index (χ0n) is 15.9. The van der Waals surface area contributed by atoms with Crippen LogP contribution in [0.4, 0.5) is 0 Å². The first-order chi connectivity index (χ1) is 11.0. The lowest BCUT2D eigenvalue weighted by Gasteiger charge is -2.27. The SMILES string of the molecule is Cc1cccc(/C=C/c2cc(C(C)(C)C)c(O)c(C(C)(C)C)c2)n1. The van der Waals surface area contributed by atoms with E-state index in [2.05, 4.69) is 64.7 Å². The van der Waals surface area contributed by atoms with Crippen LogP contribution in [-0.2, 0) is 10.8 Å². The molecule has 2 nitrogen and oxygen atoms in total. The van der Waals surface area contributed by atoms with Crippen LogP contribution in [0.1, 0.15) is 69.6 Å². The molecule has 1 N–H and O–H groups in total. The fourth-order valence-corrected chi connectivity index (χ4v) is 2.74. The maximum atomic E-state index is 10.8. The second-order valence-electron chi connectivity index (χ2n) is 8.50. The average molecular weight is 323 g/mol.